The minimum Gasteiger partial charge on any atom is -0.507 e. The number of hydrogen-bond acceptors (Lipinski definition) is 5. The van der Waals surface area contributed by atoms with Gasteiger partial charge in [-0.3, -0.25) is 0 Å². The summed E-state index contributed by atoms with van der Waals surface area (Å²) in [5, 5.41) is 12.6. The first-order valence-corrected chi connectivity index (χ1v) is 15.0. The molecule has 0 bridgehead atoms. The van der Waals surface area contributed by atoms with Crippen LogP contribution in [0.3, 0.4) is 0 Å². The summed E-state index contributed by atoms with van der Waals surface area (Å²) in [6, 6.07) is 24.5. The Kier molecular flexibility index (Phi) is 6.19. The van der Waals surface area contributed by atoms with E-state index in [4.69, 9.17) is 14.4 Å². The largest absolute Gasteiger partial charge is 0.507 e. The van der Waals surface area contributed by atoms with E-state index in [1.807, 2.05) is 48.7 Å². The van der Waals surface area contributed by atoms with Gasteiger partial charge in [0.2, 0.25) is 0 Å². The molecule has 7 rings (SSSR count). The Labute approximate surface area is 257 Å². The third-order valence-corrected chi connectivity index (χ3v) is 8.48. The van der Waals surface area contributed by atoms with Crippen LogP contribution in [0.25, 0.3) is 61.5 Å². The minimum absolute atomic E-state index is 0.0883. The van der Waals surface area contributed by atoms with E-state index in [2.05, 4.69) is 88.2 Å². The average Bonchev–Trinajstić information content (AvgIpc) is 3.53. The second-order valence-electron chi connectivity index (χ2n) is 13.7. The molecule has 0 aliphatic carbocycles. The van der Waals surface area contributed by atoms with Gasteiger partial charge >= 0.3 is 0 Å². The van der Waals surface area contributed by atoms with Crippen molar-refractivity contribution in [2.24, 2.45) is 0 Å². The lowest BCUT2D eigenvalue weighted by Gasteiger charge is -2.27. The number of imidazole rings is 1. The van der Waals surface area contributed by atoms with Gasteiger partial charge < -0.3 is 13.9 Å². The topological polar surface area (TPSA) is 76.5 Å². The molecule has 6 heteroatoms. The highest BCUT2D eigenvalue weighted by Crippen LogP contribution is 2.43. The number of benzene rings is 3. The van der Waals surface area contributed by atoms with E-state index in [1.165, 1.54) is 5.56 Å². The van der Waals surface area contributed by atoms with Crippen molar-refractivity contribution in [2.45, 2.75) is 59.3 Å². The van der Waals surface area contributed by atoms with Crippen LogP contribution in [0.4, 0.5) is 0 Å². The maximum atomic E-state index is 11.6. The van der Waals surface area contributed by atoms with Gasteiger partial charge in [-0.15, -0.1) is 0 Å². The van der Waals surface area contributed by atoms with E-state index in [1.54, 1.807) is 6.20 Å². The Morgan fingerprint density at radius 2 is 1.52 bits per heavy atom. The number of aromatic hydroxyl groups is 1. The Hall–Kier alpha value is -4.97. The molecule has 0 saturated heterocycles. The summed E-state index contributed by atoms with van der Waals surface area (Å²) < 4.78 is 8.05. The molecule has 3 aromatic carbocycles. The van der Waals surface area contributed by atoms with E-state index in [-0.39, 0.29) is 10.8 Å². The van der Waals surface area contributed by atoms with Crippen LogP contribution in [0, 0.1) is 6.92 Å². The summed E-state index contributed by atoms with van der Waals surface area (Å²) in [4.78, 5) is 14.7. The zero-order chi connectivity index (χ0) is 31.0. The molecule has 4 heterocycles. The van der Waals surface area contributed by atoms with Crippen LogP contribution in [0.5, 0.6) is 5.75 Å². The maximum Gasteiger partial charge on any atom is 0.172 e. The highest BCUT2D eigenvalue weighted by atomic mass is 16.3. The normalized spacial score (nSPS) is 12.5. The van der Waals surface area contributed by atoms with Crippen LogP contribution < -0.4 is 0 Å². The van der Waals surface area contributed by atoms with Crippen molar-refractivity contribution in [3.05, 3.63) is 102 Å². The van der Waals surface area contributed by atoms with Crippen molar-refractivity contribution < 1.29 is 9.52 Å². The zero-order valence-electron chi connectivity index (χ0n) is 26.2. The molecule has 44 heavy (non-hydrogen) atoms. The SMILES string of the molecule is Cc1c(-c2cc(C(C)(C)C)cc(C(C)(C)C)c2O)nc2c(-c3cccc(-c4ncc5oc6ccccc6c5n4)c3)cccn12. The van der Waals surface area contributed by atoms with Gasteiger partial charge in [0.05, 0.1) is 11.9 Å². The molecule has 4 aromatic heterocycles. The highest BCUT2D eigenvalue weighted by Gasteiger charge is 2.27. The second kappa shape index (κ2) is 9.78. The molecule has 6 nitrogen and oxygen atoms in total. The van der Waals surface area contributed by atoms with Gasteiger partial charge in [-0.25, -0.2) is 15.0 Å². The monoisotopic (exact) mass is 580 g/mol. The van der Waals surface area contributed by atoms with Crippen molar-refractivity contribution in [1.82, 2.24) is 19.4 Å². The van der Waals surface area contributed by atoms with E-state index in [0.29, 0.717) is 17.2 Å². The smallest absolute Gasteiger partial charge is 0.172 e. The fourth-order valence-electron chi connectivity index (χ4n) is 5.96. The Morgan fingerprint density at radius 1 is 0.750 bits per heavy atom. The molecule has 0 radical (unpaired) electrons. The zero-order valence-corrected chi connectivity index (χ0v) is 26.2. The molecule has 0 atom stereocenters. The van der Waals surface area contributed by atoms with Gasteiger partial charge in [-0.1, -0.05) is 77.9 Å². The van der Waals surface area contributed by atoms with Gasteiger partial charge in [-0.05, 0) is 65.3 Å². The fourth-order valence-corrected chi connectivity index (χ4v) is 5.96. The Balaban J connectivity index is 1.38. The van der Waals surface area contributed by atoms with Crippen LogP contribution in [-0.2, 0) is 10.8 Å². The predicted molar refractivity (Wildman–Crippen MR) is 178 cm³/mol. The first kappa shape index (κ1) is 27.8. The first-order chi connectivity index (χ1) is 20.9. The van der Waals surface area contributed by atoms with Crippen molar-refractivity contribution in [2.75, 3.05) is 0 Å². The third-order valence-electron chi connectivity index (χ3n) is 8.48. The van der Waals surface area contributed by atoms with E-state index >= 15 is 0 Å². The number of aryl methyl sites for hydroxylation is 1. The summed E-state index contributed by atoms with van der Waals surface area (Å²) in [7, 11) is 0. The molecule has 0 aliphatic heterocycles. The number of phenols is 1. The molecule has 1 N–H and O–H groups in total. The molecular weight excluding hydrogens is 544 g/mol. The van der Waals surface area contributed by atoms with Crippen LogP contribution in [-0.4, -0.2) is 24.5 Å². The summed E-state index contributed by atoms with van der Waals surface area (Å²) in [6.07, 6.45) is 3.78. The Morgan fingerprint density at radius 3 is 2.30 bits per heavy atom. The van der Waals surface area contributed by atoms with E-state index < -0.39 is 0 Å². The van der Waals surface area contributed by atoms with Gasteiger partial charge in [0.1, 0.15) is 22.5 Å². The van der Waals surface area contributed by atoms with Crippen LogP contribution in [0.2, 0.25) is 0 Å². The van der Waals surface area contributed by atoms with E-state index in [0.717, 1.165) is 61.3 Å². The summed E-state index contributed by atoms with van der Waals surface area (Å²) in [5.74, 6) is 0.927. The lowest BCUT2D eigenvalue weighted by Crippen LogP contribution is -2.17. The van der Waals surface area contributed by atoms with Gasteiger partial charge in [0.15, 0.2) is 11.4 Å². The molecule has 0 aliphatic rings. The van der Waals surface area contributed by atoms with Gasteiger partial charge in [0, 0.05) is 39.5 Å². The number of rotatable bonds is 3. The van der Waals surface area contributed by atoms with Gasteiger partial charge in [-0.2, -0.15) is 0 Å². The fraction of sp³-hybridized carbons (Fsp3) is 0.237. The highest BCUT2D eigenvalue weighted by molar-refractivity contribution is 6.02. The summed E-state index contributed by atoms with van der Waals surface area (Å²) >= 11 is 0. The molecule has 0 saturated carbocycles. The molecule has 0 fully saturated rings. The van der Waals surface area contributed by atoms with Crippen LogP contribution >= 0.6 is 0 Å². The molecule has 220 valence electrons. The van der Waals surface area contributed by atoms with Crippen molar-refractivity contribution in [3.8, 4) is 39.5 Å². The predicted octanol–water partition coefficient (Wildman–Crippen LogP) is 9.63. The number of furan rings is 1. The molecule has 0 amide bonds. The number of pyridine rings is 1. The summed E-state index contributed by atoms with van der Waals surface area (Å²) in [5.41, 5.74) is 10.3. The number of fused-ring (bicyclic) bond motifs is 4. The first-order valence-electron chi connectivity index (χ1n) is 15.0. The Bertz CT molecular complexity index is 2220. The standard InChI is InChI=1S/C38H36N4O2/c1-22-32(28-19-25(37(2,3)4)20-29(34(28)43)38(5,6)7)41-36-26(15-11-17-42(22)36)23-12-10-13-24(18-23)35-39-21-31-33(40-35)27-14-8-9-16-30(27)44-31/h8-21,43H,1-7H3. The van der Waals surface area contributed by atoms with Crippen molar-refractivity contribution >= 4 is 27.7 Å². The van der Waals surface area contributed by atoms with Crippen molar-refractivity contribution in [3.63, 3.8) is 0 Å². The number of phenolic OH excluding ortho intramolecular Hbond substituents is 1. The lowest BCUT2D eigenvalue weighted by molar-refractivity contribution is 0.446. The second-order valence-corrected chi connectivity index (χ2v) is 13.7. The quantitative estimate of drug-likeness (QED) is 0.225. The lowest BCUT2D eigenvalue weighted by atomic mass is 9.78. The number of nitrogens with zero attached hydrogens (tertiary/aromatic N) is 4. The average molecular weight is 581 g/mol. The molecule has 0 spiro atoms. The number of para-hydroxylation sites is 1. The number of hydrogen-bond donors (Lipinski definition) is 1. The maximum absolute atomic E-state index is 11.6. The molecule has 7 aromatic rings. The van der Waals surface area contributed by atoms with E-state index in [9.17, 15) is 5.11 Å². The summed E-state index contributed by atoms with van der Waals surface area (Å²) in [6.45, 7) is 15.1. The minimum atomic E-state index is -0.230. The van der Waals surface area contributed by atoms with Crippen molar-refractivity contribution in [1.29, 1.82) is 0 Å². The number of aromatic nitrogens is 4. The van der Waals surface area contributed by atoms with Crippen LogP contribution in [0.1, 0.15) is 58.4 Å². The van der Waals surface area contributed by atoms with Gasteiger partial charge in [0.25, 0.3) is 0 Å². The van der Waals surface area contributed by atoms with Crippen LogP contribution in [0.15, 0.2) is 89.6 Å². The third kappa shape index (κ3) is 4.53. The molecule has 0 unspecified atom stereocenters. The molecular formula is C38H36N4O2.